The molecule has 1 unspecified atom stereocenters. The largest absolute Gasteiger partial charge is 0.441 e. The molecule has 5 heterocycles. The van der Waals surface area contributed by atoms with Gasteiger partial charge < -0.3 is 14.6 Å². The molecule has 188 valence electrons. The summed E-state index contributed by atoms with van der Waals surface area (Å²) in [5.74, 6) is 0.508. The quantitative estimate of drug-likeness (QED) is 0.559. The molecule has 13 heteroatoms. The van der Waals surface area contributed by atoms with Crippen LogP contribution >= 0.6 is 0 Å². The van der Waals surface area contributed by atoms with Crippen LogP contribution in [0.25, 0.3) is 11.3 Å². The van der Waals surface area contributed by atoms with Gasteiger partial charge in [0.1, 0.15) is 17.6 Å². The van der Waals surface area contributed by atoms with Gasteiger partial charge in [-0.2, -0.15) is 13.2 Å². The lowest BCUT2D eigenvalue weighted by Gasteiger charge is -2.35. The van der Waals surface area contributed by atoms with Gasteiger partial charge in [-0.1, -0.05) is 0 Å². The first-order chi connectivity index (χ1) is 17.1. The molecule has 0 spiro atoms. The molecule has 0 radical (unpaired) electrons. The number of carbonyl (C=O) groups excluding carboxylic acids is 2. The van der Waals surface area contributed by atoms with Crippen molar-refractivity contribution in [1.29, 1.82) is 0 Å². The molecule has 3 aromatic heterocycles. The van der Waals surface area contributed by atoms with Gasteiger partial charge >= 0.3 is 12.2 Å². The molecule has 3 aromatic rings. The maximum atomic E-state index is 13.4. The number of urea groups is 1. The van der Waals surface area contributed by atoms with Gasteiger partial charge in [0.25, 0.3) is 5.91 Å². The van der Waals surface area contributed by atoms with E-state index in [1.165, 1.54) is 17.2 Å². The molecule has 36 heavy (non-hydrogen) atoms. The molecule has 2 N–H and O–H groups in total. The first kappa shape index (κ1) is 23.6. The molecule has 5 rings (SSSR count). The van der Waals surface area contributed by atoms with Gasteiger partial charge in [0, 0.05) is 31.8 Å². The van der Waals surface area contributed by atoms with Crippen LogP contribution in [0.5, 0.6) is 0 Å². The lowest BCUT2D eigenvalue weighted by Crippen LogP contribution is -2.49. The van der Waals surface area contributed by atoms with Gasteiger partial charge in [0.05, 0.1) is 17.9 Å². The van der Waals surface area contributed by atoms with Crippen LogP contribution in [0.15, 0.2) is 41.1 Å². The highest BCUT2D eigenvalue weighted by molar-refractivity contribution is 6.05. The highest BCUT2D eigenvalue weighted by atomic mass is 19.4. The Morgan fingerprint density at radius 2 is 2.03 bits per heavy atom. The number of oxazole rings is 1. The topological polar surface area (TPSA) is 116 Å². The summed E-state index contributed by atoms with van der Waals surface area (Å²) in [4.78, 5) is 41.9. The van der Waals surface area contributed by atoms with Crippen molar-refractivity contribution in [2.24, 2.45) is 0 Å². The van der Waals surface area contributed by atoms with E-state index in [9.17, 15) is 22.8 Å². The van der Waals surface area contributed by atoms with Crippen molar-refractivity contribution in [3.8, 4) is 11.3 Å². The fourth-order valence-electron chi connectivity index (χ4n) is 4.27. The van der Waals surface area contributed by atoms with E-state index in [4.69, 9.17) is 4.42 Å². The lowest BCUT2D eigenvalue weighted by atomic mass is 10.1. The highest BCUT2D eigenvalue weighted by Gasteiger charge is 2.41. The van der Waals surface area contributed by atoms with Crippen LogP contribution in [0.4, 0.5) is 35.3 Å². The van der Waals surface area contributed by atoms with Crippen LogP contribution in [0.2, 0.25) is 0 Å². The number of pyridine rings is 2. The minimum atomic E-state index is -4.59. The monoisotopic (exact) mass is 501 g/mol. The molecule has 0 aromatic carbocycles. The number of anilines is 3. The molecule has 0 saturated carbocycles. The lowest BCUT2D eigenvalue weighted by molar-refractivity contribution is -0.149. The minimum Gasteiger partial charge on any atom is -0.441 e. The third kappa shape index (κ3) is 4.43. The molecule has 2 atom stereocenters. The van der Waals surface area contributed by atoms with E-state index in [0.717, 1.165) is 6.92 Å². The molecule has 1 saturated heterocycles. The summed E-state index contributed by atoms with van der Waals surface area (Å²) < 4.78 is 44.2. The Morgan fingerprint density at radius 1 is 1.22 bits per heavy atom. The van der Waals surface area contributed by atoms with Gasteiger partial charge in [0.15, 0.2) is 17.5 Å². The Hall–Kier alpha value is -4.16. The van der Waals surface area contributed by atoms with Gasteiger partial charge in [-0.3, -0.25) is 15.0 Å². The summed E-state index contributed by atoms with van der Waals surface area (Å²) >= 11 is 0. The maximum absolute atomic E-state index is 13.4. The number of fused-ring (bicyclic) bond motifs is 4. The zero-order chi connectivity index (χ0) is 25.6. The first-order valence-corrected chi connectivity index (χ1v) is 11.2. The number of hydrogen-bond donors (Lipinski definition) is 2. The van der Waals surface area contributed by atoms with Gasteiger partial charge in [-0.15, -0.1) is 0 Å². The number of hydrogen-bond acceptors (Lipinski definition) is 7. The molecule has 10 nitrogen and oxygen atoms in total. The first-order valence-electron chi connectivity index (χ1n) is 11.2. The molecule has 2 bridgehead atoms. The summed E-state index contributed by atoms with van der Waals surface area (Å²) in [6.07, 6.45) is -0.832. The summed E-state index contributed by atoms with van der Waals surface area (Å²) in [6.45, 7) is 3.82. The normalized spacial score (nSPS) is 17.5. The second kappa shape index (κ2) is 8.81. The zero-order valence-electron chi connectivity index (χ0n) is 19.3. The number of halogens is 3. The minimum absolute atomic E-state index is 0.204. The fourth-order valence-corrected chi connectivity index (χ4v) is 4.27. The molecule has 2 aliphatic rings. The van der Waals surface area contributed by atoms with Gasteiger partial charge in [0.2, 0.25) is 0 Å². The summed E-state index contributed by atoms with van der Waals surface area (Å²) in [6, 6.07) is 3.52. The SMILES string of the molecule is Cc1ncc(-c2ccnc(NC(=O)N3c4nc(C(=O)N[C@@H](C)C(F)(F)F)ccc4N4CCC3C4)c2)o1. The van der Waals surface area contributed by atoms with Crippen LogP contribution in [-0.2, 0) is 0 Å². The predicted octanol–water partition coefficient (Wildman–Crippen LogP) is 3.75. The van der Waals surface area contributed by atoms with Crippen LogP contribution in [0.3, 0.4) is 0 Å². The number of alkyl halides is 3. The standard InChI is InChI=1S/C23H22F3N7O3/c1-12(23(24,25)26)29-21(34)16-3-4-17-20(30-16)33(15-6-8-32(17)11-15)22(35)31-19-9-14(5-7-27-19)18-10-28-13(2)36-18/h3-5,7,9-10,12,15H,6,8,11H2,1-2H3,(H,29,34)(H,27,31,35)/t12-,15?/m0/s1. The molecule has 3 amide bonds. The van der Waals surface area contributed by atoms with Crippen LogP contribution in [0.1, 0.15) is 29.7 Å². The van der Waals surface area contributed by atoms with Crippen molar-refractivity contribution in [1.82, 2.24) is 20.3 Å². The van der Waals surface area contributed by atoms with Gasteiger partial charge in [-0.25, -0.2) is 19.7 Å². The summed E-state index contributed by atoms with van der Waals surface area (Å²) in [5.41, 5.74) is 1.08. The zero-order valence-corrected chi connectivity index (χ0v) is 19.3. The number of rotatable bonds is 4. The average Bonchev–Trinajstić information content (AvgIpc) is 3.45. The van der Waals surface area contributed by atoms with Crippen LogP contribution < -0.4 is 20.4 Å². The Labute approximate surface area is 203 Å². The maximum Gasteiger partial charge on any atom is 0.408 e. The highest BCUT2D eigenvalue weighted by Crippen LogP contribution is 2.39. The number of carbonyl (C=O) groups is 2. The van der Waals surface area contributed by atoms with Crippen molar-refractivity contribution >= 4 is 29.3 Å². The summed E-state index contributed by atoms with van der Waals surface area (Å²) in [7, 11) is 0. The third-order valence-electron chi connectivity index (χ3n) is 6.14. The molecular weight excluding hydrogens is 479 g/mol. The second-order valence-corrected chi connectivity index (χ2v) is 8.64. The van der Waals surface area contributed by atoms with E-state index in [1.807, 2.05) is 10.2 Å². The van der Waals surface area contributed by atoms with Crippen molar-refractivity contribution < 1.29 is 27.2 Å². The molecule has 0 aliphatic carbocycles. The van der Waals surface area contributed by atoms with Crippen molar-refractivity contribution in [3.63, 3.8) is 0 Å². The van der Waals surface area contributed by atoms with Gasteiger partial charge in [-0.05, 0) is 37.6 Å². The van der Waals surface area contributed by atoms with Crippen LogP contribution in [-0.4, -0.2) is 58.2 Å². The fraction of sp³-hybridized carbons (Fsp3) is 0.348. The third-order valence-corrected chi connectivity index (χ3v) is 6.14. The van der Waals surface area contributed by atoms with E-state index in [2.05, 4.69) is 20.3 Å². The number of amides is 3. The number of aryl methyl sites for hydroxylation is 1. The number of nitrogens with zero attached hydrogens (tertiary/aromatic N) is 5. The smallest absolute Gasteiger partial charge is 0.408 e. The second-order valence-electron chi connectivity index (χ2n) is 8.64. The Morgan fingerprint density at radius 3 is 2.75 bits per heavy atom. The predicted molar refractivity (Wildman–Crippen MR) is 124 cm³/mol. The Balaban J connectivity index is 1.41. The molecule has 2 aliphatic heterocycles. The summed E-state index contributed by atoms with van der Waals surface area (Å²) in [5, 5.41) is 4.66. The molecule has 1 fully saturated rings. The van der Waals surface area contributed by atoms with Crippen molar-refractivity contribution in [2.45, 2.75) is 38.5 Å². The van der Waals surface area contributed by atoms with Crippen molar-refractivity contribution in [3.05, 3.63) is 48.2 Å². The van der Waals surface area contributed by atoms with Crippen molar-refractivity contribution in [2.75, 3.05) is 28.2 Å². The van der Waals surface area contributed by atoms with E-state index in [0.29, 0.717) is 42.4 Å². The molecular formula is C23H22F3N7O3. The Kier molecular flexibility index (Phi) is 5.77. The average molecular weight is 501 g/mol. The van der Waals surface area contributed by atoms with Crippen LogP contribution in [0, 0.1) is 6.92 Å². The van der Waals surface area contributed by atoms with E-state index < -0.39 is 24.2 Å². The number of nitrogens with one attached hydrogen (secondary N) is 2. The van der Waals surface area contributed by atoms with E-state index in [-0.39, 0.29) is 23.4 Å². The van der Waals surface area contributed by atoms with E-state index in [1.54, 1.807) is 31.3 Å². The Bertz CT molecular complexity index is 1330. The van der Waals surface area contributed by atoms with E-state index >= 15 is 0 Å². The number of aromatic nitrogens is 3.